The van der Waals surface area contributed by atoms with Crippen molar-refractivity contribution >= 4 is 18.3 Å². The summed E-state index contributed by atoms with van der Waals surface area (Å²) >= 11 is 0. The molecule has 2 heterocycles. The van der Waals surface area contributed by atoms with Crippen LogP contribution in [-0.4, -0.2) is 49.8 Å². The van der Waals surface area contributed by atoms with Crippen LogP contribution >= 0.6 is 12.4 Å². The van der Waals surface area contributed by atoms with Crippen molar-refractivity contribution < 1.29 is 18.7 Å². The van der Waals surface area contributed by atoms with Gasteiger partial charge in [-0.3, -0.25) is 4.79 Å². The number of carbonyl (C=O) groups excluding carboxylic acids is 1. The van der Waals surface area contributed by atoms with Crippen molar-refractivity contribution in [1.29, 1.82) is 0 Å². The molecule has 0 aliphatic carbocycles. The molecule has 0 spiro atoms. The highest BCUT2D eigenvalue weighted by Gasteiger charge is 2.33. The third-order valence-corrected chi connectivity index (χ3v) is 4.68. The van der Waals surface area contributed by atoms with Crippen molar-refractivity contribution in [3.63, 3.8) is 0 Å². The van der Waals surface area contributed by atoms with Crippen LogP contribution in [0.25, 0.3) is 0 Å². The monoisotopic (exact) mass is 358 g/mol. The van der Waals surface area contributed by atoms with Gasteiger partial charge in [-0.25, -0.2) is 4.39 Å². The molecule has 2 aliphatic rings. The van der Waals surface area contributed by atoms with Crippen LogP contribution in [0.3, 0.4) is 0 Å². The topological polar surface area (TPSA) is 64.8 Å². The first-order valence-corrected chi connectivity index (χ1v) is 8.14. The van der Waals surface area contributed by atoms with Gasteiger partial charge in [0.15, 0.2) is 0 Å². The fourth-order valence-corrected chi connectivity index (χ4v) is 3.22. The standard InChI is InChI=1S/C17H23FN2O3.ClH/c18-14-3-1-12(2-4-14)15-11-20(7-10-23-15)17(21)16(19)13-5-8-22-9-6-13;/h1-4,13,15-16H,5-11,19H2;1H. The number of halogens is 2. The highest BCUT2D eigenvalue weighted by Crippen LogP contribution is 2.25. The number of amides is 1. The summed E-state index contributed by atoms with van der Waals surface area (Å²) in [6.07, 6.45) is 1.44. The van der Waals surface area contributed by atoms with Crippen molar-refractivity contribution in [3.05, 3.63) is 35.6 Å². The van der Waals surface area contributed by atoms with E-state index in [1.54, 1.807) is 17.0 Å². The largest absolute Gasteiger partial charge is 0.381 e. The lowest BCUT2D eigenvalue weighted by atomic mass is 9.91. The van der Waals surface area contributed by atoms with Crippen LogP contribution in [-0.2, 0) is 14.3 Å². The molecule has 1 aromatic carbocycles. The van der Waals surface area contributed by atoms with E-state index in [0.717, 1.165) is 18.4 Å². The second-order valence-corrected chi connectivity index (χ2v) is 6.17. The van der Waals surface area contributed by atoms with E-state index in [2.05, 4.69) is 0 Å². The van der Waals surface area contributed by atoms with Crippen molar-refractivity contribution in [3.8, 4) is 0 Å². The SMILES string of the molecule is Cl.NC(C(=O)N1CCOC(c2ccc(F)cc2)C1)C1CCOCC1. The van der Waals surface area contributed by atoms with Gasteiger partial charge >= 0.3 is 0 Å². The normalized spacial score (nSPS) is 23.4. The molecule has 1 aromatic rings. The zero-order chi connectivity index (χ0) is 16.2. The maximum Gasteiger partial charge on any atom is 0.239 e. The summed E-state index contributed by atoms with van der Waals surface area (Å²) in [5, 5.41) is 0. The number of benzene rings is 1. The minimum Gasteiger partial charge on any atom is -0.381 e. The van der Waals surface area contributed by atoms with Crippen LogP contribution in [0.1, 0.15) is 24.5 Å². The van der Waals surface area contributed by atoms with Crippen LogP contribution in [0.15, 0.2) is 24.3 Å². The molecule has 134 valence electrons. The maximum absolute atomic E-state index is 13.0. The third-order valence-electron chi connectivity index (χ3n) is 4.68. The van der Waals surface area contributed by atoms with E-state index in [0.29, 0.717) is 32.9 Å². The molecule has 2 atom stereocenters. The molecule has 2 aliphatic heterocycles. The molecule has 0 aromatic heterocycles. The van der Waals surface area contributed by atoms with Crippen LogP contribution in [0.5, 0.6) is 0 Å². The molecular weight excluding hydrogens is 335 g/mol. The molecule has 2 fully saturated rings. The molecule has 5 nitrogen and oxygen atoms in total. The summed E-state index contributed by atoms with van der Waals surface area (Å²) in [6.45, 7) is 2.82. The van der Waals surface area contributed by atoms with Crippen LogP contribution in [0.2, 0.25) is 0 Å². The smallest absolute Gasteiger partial charge is 0.239 e. The van der Waals surface area contributed by atoms with Gasteiger partial charge in [0.25, 0.3) is 0 Å². The van der Waals surface area contributed by atoms with Crippen molar-refractivity contribution in [2.45, 2.75) is 25.0 Å². The van der Waals surface area contributed by atoms with Crippen molar-refractivity contribution in [1.82, 2.24) is 4.90 Å². The van der Waals surface area contributed by atoms with Crippen LogP contribution in [0.4, 0.5) is 4.39 Å². The number of carbonyl (C=O) groups is 1. The molecular formula is C17H24ClFN2O3. The van der Waals surface area contributed by atoms with Gasteiger partial charge < -0.3 is 20.1 Å². The summed E-state index contributed by atoms with van der Waals surface area (Å²) in [5.41, 5.74) is 7.07. The summed E-state index contributed by atoms with van der Waals surface area (Å²) in [6, 6.07) is 5.74. The number of nitrogens with zero attached hydrogens (tertiary/aromatic N) is 1. The highest BCUT2D eigenvalue weighted by atomic mass is 35.5. The first kappa shape index (κ1) is 19.1. The number of hydrogen-bond donors (Lipinski definition) is 1. The first-order chi connectivity index (χ1) is 11.1. The second-order valence-electron chi connectivity index (χ2n) is 6.17. The van der Waals surface area contributed by atoms with Gasteiger partial charge in [-0.05, 0) is 36.5 Å². The van der Waals surface area contributed by atoms with E-state index in [-0.39, 0.29) is 36.2 Å². The molecule has 1 amide bonds. The molecule has 3 rings (SSSR count). The highest BCUT2D eigenvalue weighted by molar-refractivity contribution is 5.85. The minimum absolute atomic E-state index is 0. The van der Waals surface area contributed by atoms with Gasteiger partial charge in [-0.2, -0.15) is 0 Å². The lowest BCUT2D eigenvalue weighted by molar-refractivity contribution is -0.142. The zero-order valence-corrected chi connectivity index (χ0v) is 14.3. The fraction of sp³-hybridized carbons (Fsp3) is 0.588. The van der Waals surface area contributed by atoms with Gasteiger partial charge in [-0.1, -0.05) is 12.1 Å². The van der Waals surface area contributed by atoms with Gasteiger partial charge in [0.2, 0.25) is 5.91 Å². The first-order valence-electron chi connectivity index (χ1n) is 8.14. The van der Waals surface area contributed by atoms with E-state index in [1.807, 2.05) is 0 Å². The Morgan fingerprint density at radius 3 is 2.54 bits per heavy atom. The molecule has 7 heteroatoms. The maximum atomic E-state index is 13.0. The Morgan fingerprint density at radius 1 is 1.21 bits per heavy atom. The van der Waals surface area contributed by atoms with Gasteiger partial charge in [0.05, 0.1) is 19.2 Å². The average molecular weight is 359 g/mol. The summed E-state index contributed by atoms with van der Waals surface area (Å²) in [5.74, 6) is -0.116. The molecule has 0 saturated carbocycles. The average Bonchev–Trinajstić information content (AvgIpc) is 2.62. The molecule has 0 bridgehead atoms. The van der Waals surface area contributed by atoms with E-state index >= 15 is 0 Å². The Balaban J connectivity index is 0.00000208. The molecule has 24 heavy (non-hydrogen) atoms. The van der Waals surface area contributed by atoms with Gasteiger partial charge in [0, 0.05) is 19.8 Å². The van der Waals surface area contributed by atoms with E-state index in [4.69, 9.17) is 15.2 Å². The minimum atomic E-state index is -0.481. The lowest BCUT2D eigenvalue weighted by Gasteiger charge is -2.36. The number of ether oxygens (including phenoxy) is 2. The molecule has 0 radical (unpaired) electrons. The van der Waals surface area contributed by atoms with Crippen LogP contribution in [0, 0.1) is 11.7 Å². The van der Waals surface area contributed by atoms with E-state index < -0.39 is 6.04 Å². The number of nitrogens with two attached hydrogens (primary N) is 1. The van der Waals surface area contributed by atoms with Gasteiger partial charge in [-0.15, -0.1) is 12.4 Å². The Labute approximate surface area is 147 Å². The Morgan fingerprint density at radius 2 is 1.88 bits per heavy atom. The number of hydrogen-bond acceptors (Lipinski definition) is 4. The molecule has 2 N–H and O–H groups in total. The van der Waals surface area contributed by atoms with Crippen molar-refractivity contribution in [2.24, 2.45) is 11.7 Å². The Kier molecular flexibility index (Phi) is 6.98. The van der Waals surface area contributed by atoms with Crippen LogP contribution < -0.4 is 5.73 Å². The summed E-state index contributed by atoms with van der Waals surface area (Å²) < 4.78 is 24.1. The molecule has 2 saturated heterocycles. The van der Waals surface area contributed by atoms with Crippen molar-refractivity contribution in [2.75, 3.05) is 32.9 Å². The Hall–Kier alpha value is -1.21. The lowest BCUT2D eigenvalue weighted by Crippen LogP contribution is -2.52. The van der Waals surface area contributed by atoms with E-state index in [1.165, 1.54) is 12.1 Å². The Bertz CT molecular complexity index is 537. The van der Waals surface area contributed by atoms with Gasteiger partial charge in [0.1, 0.15) is 11.9 Å². The second kappa shape index (κ2) is 8.76. The summed E-state index contributed by atoms with van der Waals surface area (Å²) in [7, 11) is 0. The zero-order valence-electron chi connectivity index (χ0n) is 13.5. The number of morpholine rings is 1. The number of rotatable bonds is 3. The van der Waals surface area contributed by atoms with E-state index in [9.17, 15) is 9.18 Å². The fourth-order valence-electron chi connectivity index (χ4n) is 3.22. The molecule has 2 unspecified atom stereocenters. The predicted molar refractivity (Wildman–Crippen MR) is 90.4 cm³/mol. The quantitative estimate of drug-likeness (QED) is 0.896. The predicted octanol–water partition coefficient (Wildman–Crippen LogP) is 1.90. The summed E-state index contributed by atoms with van der Waals surface area (Å²) in [4.78, 5) is 14.4. The third kappa shape index (κ3) is 4.45.